The number of hydrogen-bond donors (Lipinski definition) is 1. The molecule has 34 heavy (non-hydrogen) atoms. The monoisotopic (exact) mass is 460 g/mol. The third-order valence-electron chi connectivity index (χ3n) is 5.59. The van der Waals surface area contributed by atoms with Gasteiger partial charge in [-0.3, -0.25) is 4.79 Å². The molecule has 0 atom stereocenters. The maximum absolute atomic E-state index is 12.3. The average Bonchev–Trinajstić information content (AvgIpc) is 2.78. The van der Waals surface area contributed by atoms with Crippen molar-refractivity contribution in [1.82, 2.24) is 5.43 Å². The summed E-state index contributed by atoms with van der Waals surface area (Å²) < 4.78 is 11.4. The van der Waals surface area contributed by atoms with Crippen LogP contribution < -0.4 is 14.9 Å². The van der Waals surface area contributed by atoms with Crippen LogP contribution in [0.2, 0.25) is 0 Å². The van der Waals surface area contributed by atoms with Gasteiger partial charge in [0.2, 0.25) is 0 Å². The van der Waals surface area contributed by atoms with Gasteiger partial charge in [0.05, 0.1) is 12.8 Å². The van der Waals surface area contributed by atoms with Crippen LogP contribution in [-0.4, -0.2) is 25.3 Å². The van der Waals surface area contributed by atoms with Gasteiger partial charge in [-0.1, -0.05) is 77.1 Å². The second-order valence-corrected chi connectivity index (χ2v) is 10.4. The van der Waals surface area contributed by atoms with Gasteiger partial charge in [-0.2, -0.15) is 5.10 Å². The van der Waals surface area contributed by atoms with E-state index in [0.717, 1.165) is 28.5 Å². The molecule has 0 heterocycles. The zero-order chi connectivity index (χ0) is 24.8. The molecule has 0 aliphatic heterocycles. The highest BCUT2D eigenvalue weighted by molar-refractivity contribution is 6.02. The molecule has 0 saturated heterocycles. The highest BCUT2D eigenvalue weighted by Crippen LogP contribution is 2.36. The minimum Gasteiger partial charge on any atom is -0.493 e. The summed E-state index contributed by atoms with van der Waals surface area (Å²) in [6, 6.07) is 19.9. The zero-order valence-electron chi connectivity index (χ0n) is 21.1. The lowest BCUT2D eigenvalue weighted by molar-refractivity contribution is -0.123. The number of hydrogen-bond acceptors (Lipinski definition) is 4. The van der Waals surface area contributed by atoms with Gasteiger partial charge in [0, 0.05) is 5.56 Å². The summed E-state index contributed by atoms with van der Waals surface area (Å²) in [5.41, 5.74) is 4.93. The van der Waals surface area contributed by atoms with Gasteiger partial charge in [0.25, 0.3) is 5.91 Å². The van der Waals surface area contributed by atoms with Crippen molar-refractivity contribution in [2.24, 2.45) is 10.5 Å². The van der Waals surface area contributed by atoms with Crippen molar-refractivity contribution < 1.29 is 14.3 Å². The third-order valence-corrected chi connectivity index (χ3v) is 5.59. The first-order valence-corrected chi connectivity index (χ1v) is 11.8. The Bertz CT molecular complexity index is 1140. The Morgan fingerprint density at radius 3 is 2.32 bits per heavy atom. The SMILES string of the molecule is CCOc1ccc2ccccc2c1C=NNC(=O)COc1ccc(C(C)(C)CC(C)(C)C)cc1. The summed E-state index contributed by atoms with van der Waals surface area (Å²) in [6.45, 7) is 13.6. The molecule has 1 N–H and O–H groups in total. The molecule has 0 bridgehead atoms. The largest absolute Gasteiger partial charge is 0.493 e. The molecule has 0 aliphatic rings. The molecule has 3 aromatic rings. The molecule has 0 unspecified atom stereocenters. The fourth-order valence-corrected chi connectivity index (χ4v) is 4.47. The predicted octanol–water partition coefficient (Wildman–Crippen LogP) is 6.48. The lowest BCUT2D eigenvalue weighted by atomic mass is 9.72. The first-order valence-electron chi connectivity index (χ1n) is 11.8. The molecule has 1 amide bonds. The number of rotatable bonds is 9. The third kappa shape index (κ3) is 6.83. The summed E-state index contributed by atoms with van der Waals surface area (Å²) in [4.78, 5) is 12.3. The minimum absolute atomic E-state index is 0.0603. The van der Waals surface area contributed by atoms with Gasteiger partial charge in [-0.25, -0.2) is 5.43 Å². The molecule has 0 aliphatic carbocycles. The van der Waals surface area contributed by atoms with E-state index in [9.17, 15) is 4.79 Å². The topological polar surface area (TPSA) is 59.9 Å². The second kappa shape index (κ2) is 10.7. The molecule has 0 spiro atoms. The maximum atomic E-state index is 12.3. The van der Waals surface area contributed by atoms with E-state index in [4.69, 9.17) is 9.47 Å². The Morgan fingerprint density at radius 2 is 1.65 bits per heavy atom. The fourth-order valence-electron chi connectivity index (χ4n) is 4.47. The number of carbonyl (C=O) groups excluding carboxylic acids is 1. The summed E-state index contributed by atoms with van der Waals surface area (Å²) in [5, 5.41) is 6.23. The number of carbonyl (C=O) groups is 1. The Labute approximate surface area is 203 Å². The second-order valence-electron chi connectivity index (χ2n) is 10.4. The van der Waals surface area contributed by atoms with E-state index in [1.807, 2.05) is 55.5 Å². The Balaban J connectivity index is 1.60. The van der Waals surface area contributed by atoms with Crippen LogP contribution in [0.25, 0.3) is 10.8 Å². The van der Waals surface area contributed by atoms with Crippen LogP contribution in [0.5, 0.6) is 11.5 Å². The number of benzene rings is 3. The van der Waals surface area contributed by atoms with Crippen LogP contribution in [-0.2, 0) is 10.2 Å². The van der Waals surface area contributed by atoms with E-state index in [2.05, 4.69) is 57.3 Å². The molecule has 5 heteroatoms. The number of fused-ring (bicyclic) bond motifs is 1. The zero-order valence-corrected chi connectivity index (χ0v) is 21.1. The molecule has 0 radical (unpaired) electrons. The fraction of sp³-hybridized carbons (Fsp3) is 0.379. The molecule has 3 rings (SSSR count). The van der Waals surface area contributed by atoms with Crippen LogP contribution >= 0.6 is 0 Å². The van der Waals surface area contributed by atoms with E-state index in [1.165, 1.54) is 5.56 Å². The van der Waals surface area contributed by atoms with Crippen molar-refractivity contribution in [2.45, 2.75) is 53.4 Å². The first-order chi connectivity index (χ1) is 16.1. The van der Waals surface area contributed by atoms with Crippen molar-refractivity contribution in [2.75, 3.05) is 13.2 Å². The van der Waals surface area contributed by atoms with Crippen molar-refractivity contribution >= 4 is 22.9 Å². The summed E-state index contributed by atoms with van der Waals surface area (Å²) in [7, 11) is 0. The van der Waals surface area contributed by atoms with E-state index in [1.54, 1.807) is 6.21 Å². The van der Waals surface area contributed by atoms with Crippen molar-refractivity contribution in [3.63, 3.8) is 0 Å². The predicted molar refractivity (Wildman–Crippen MR) is 140 cm³/mol. The molecule has 0 fully saturated rings. The molecule has 180 valence electrons. The van der Waals surface area contributed by atoms with Gasteiger partial charge in [0.1, 0.15) is 11.5 Å². The van der Waals surface area contributed by atoms with E-state index < -0.39 is 0 Å². The number of hydrazone groups is 1. The van der Waals surface area contributed by atoms with Crippen LogP contribution in [0.1, 0.15) is 59.1 Å². The smallest absolute Gasteiger partial charge is 0.277 e. The molecule has 0 saturated carbocycles. The Hall–Kier alpha value is -3.34. The van der Waals surface area contributed by atoms with Gasteiger partial charge in [0.15, 0.2) is 6.61 Å². The molecular formula is C29H36N2O3. The van der Waals surface area contributed by atoms with Crippen LogP contribution in [0, 0.1) is 5.41 Å². The van der Waals surface area contributed by atoms with E-state index in [0.29, 0.717) is 12.4 Å². The van der Waals surface area contributed by atoms with Crippen LogP contribution in [0.15, 0.2) is 65.8 Å². The van der Waals surface area contributed by atoms with Crippen molar-refractivity contribution in [1.29, 1.82) is 0 Å². The maximum Gasteiger partial charge on any atom is 0.277 e. The number of nitrogens with zero attached hydrogens (tertiary/aromatic N) is 1. The van der Waals surface area contributed by atoms with E-state index in [-0.39, 0.29) is 23.3 Å². The summed E-state index contributed by atoms with van der Waals surface area (Å²) in [6.07, 6.45) is 2.69. The normalized spacial score (nSPS) is 12.2. The minimum atomic E-state index is -0.327. The summed E-state index contributed by atoms with van der Waals surface area (Å²) in [5.74, 6) is 1.05. The number of ether oxygens (including phenoxy) is 2. The summed E-state index contributed by atoms with van der Waals surface area (Å²) >= 11 is 0. The highest BCUT2D eigenvalue weighted by atomic mass is 16.5. The molecule has 3 aromatic carbocycles. The Morgan fingerprint density at radius 1 is 0.941 bits per heavy atom. The standard InChI is InChI=1S/C29H36N2O3/c1-7-33-26-17-12-21-10-8-9-11-24(21)25(26)18-30-31-27(32)19-34-23-15-13-22(14-16-23)29(5,6)20-28(2,3)4/h8-18H,7,19-20H2,1-6H3,(H,31,32). The van der Waals surface area contributed by atoms with Crippen molar-refractivity contribution in [3.05, 3.63) is 71.8 Å². The van der Waals surface area contributed by atoms with Gasteiger partial charge < -0.3 is 9.47 Å². The lowest BCUT2D eigenvalue weighted by Crippen LogP contribution is -2.25. The quantitative estimate of drug-likeness (QED) is 0.294. The molecule has 0 aromatic heterocycles. The average molecular weight is 461 g/mol. The van der Waals surface area contributed by atoms with Crippen LogP contribution in [0.3, 0.4) is 0 Å². The molecule has 5 nitrogen and oxygen atoms in total. The van der Waals surface area contributed by atoms with Crippen molar-refractivity contribution in [3.8, 4) is 11.5 Å². The highest BCUT2D eigenvalue weighted by Gasteiger charge is 2.27. The molecular weight excluding hydrogens is 424 g/mol. The number of nitrogens with one attached hydrogen (secondary N) is 1. The number of amides is 1. The lowest BCUT2D eigenvalue weighted by Gasteiger charge is -2.33. The van der Waals surface area contributed by atoms with Gasteiger partial charge in [-0.15, -0.1) is 0 Å². The van der Waals surface area contributed by atoms with Gasteiger partial charge >= 0.3 is 0 Å². The van der Waals surface area contributed by atoms with Gasteiger partial charge in [-0.05, 0) is 58.7 Å². The first kappa shape index (κ1) is 25.3. The van der Waals surface area contributed by atoms with E-state index >= 15 is 0 Å². The van der Waals surface area contributed by atoms with Crippen LogP contribution in [0.4, 0.5) is 0 Å². The Kier molecular flexibility index (Phi) is 7.98.